The predicted octanol–water partition coefficient (Wildman–Crippen LogP) is 2.46. The average molecular weight is 207 g/mol. The molecule has 0 amide bonds. The van der Waals surface area contributed by atoms with E-state index in [0.29, 0.717) is 11.5 Å². The average Bonchev–Trinajstić information content (AvgIpc) is 2.68. The SMILES string of the molecule is COc1cc2c(cc1OC)C(N=O)CC2. The van der Waals surface area contributed by atoms with Crippen molar-refractivity contribution < 1.29 is 9.47 Å². The van der Waals surface area contributed by atoms with Crippen LogP contribution in [0.5, 0.6) is 11.5 Å². The highest BCUT2D eigenvalue weighted by Gasteiger charge is 2.25. The molecule has 4 heteroatoms. The lowest BCUT2D eigenvalue weighted by Crippen LogP contribution is -1.94. The molecule has 0 spiro atoms. The third kappa shape index (κ3) is 1.56. The van der Waals surface area contributed by atoms with Crippen molar-refractivity contribution >= 4 is 0 Å². The number of aryl methyl sites for hydroxylation is 1. The summed E-state index contributed by atoms with van der Waals surface area (Å²) in [5, 5.41) is 3.11. The number of hydrogen-bond donors (Lipinski definition) is 0. The van der Waals surface area contributed by atoms with Crippen LogP contribution in [0.3, 0.4) is 0 Å². The Labute approximate surface area is 88.2 Å². The summed E-state index contributed by atoms with van der Waals surface area (Å²) in [5.41, 5.74) is 2.11. The third-order valence-electron chi connectivity index (χ3n) is 2.82. The van der Waals surface area contributed by atoms with Crippen LogP contribution in [-0.2, 0) is 6.42 Å². The minimum Gasteiger partial charge on any atom is -0.493 e. The van der Waals surface area contributed by atoms with Crippen LogP contribution in [0.1, 0.15) is 23.6 Å². The molecule has 1 aromatic rings. The van der Waals surface area contributed by atoms with Gasteiger partial charge in [-0.3, -0.25) is 0 Å². The first kappa shape index (κ1) is 9.96. The smallest absolute Gasteiger partial charge is 0.161 e. The van der Waals surface area contributed by atoms with Crippen LogP contribution in [0.2, 0.25) is 0 Å². The molecule has 0 fully saturated rings. The van der Waals surface area contributed by atoms with Crippen LogP contribution >= 0.6 is 0 Å². The van der Waals surface area contributed by atoms with Gasteiger partial charge in [-0.25, -0.2) is 0 Å². The molecule has 2 rings (SSSR count). The third-order valence-corrected chi connectivity index (χ3v) is 2.82. The number of nitrogens with zero attached hydrogens (tertiary/aromatic N) is 1. The van der Waals surface area contributed by atoms with Crippen LogP contribution in [0.15, 0.2) is 17.3 Å². The van der Waals surface area contributed by atoms with E-state index < -0.39 is 0 Å². The first-order chi connectivity index (χ1) is 7.30. The van der Waals surface area contributed by atoms with Crippen LogP contribution in [0.4, 0.5) is 0 Å². The summed E-state index contributed by atoms with van der Waals surface area (Å²) in [6.07, 6.45) is 1.67. The highest BCUT2D eigenvalue weighted by molar-refractivity contribution is 5.50. The summed E-state index contributed by atoms with van der Waals surface area (Å²) < 4.78 is 10.4. The molecule has 0 saturated heterocycles. The number of benzene rings is 1. The summed E-state index contributed by atoms with van der Waals surface area (Å²) in [6, 6.07) is 3.56. The number of rotatable bonds is 3. The number of fused-ring (bicyclic) bond motifs is 1. The van der Waals surface area contributed by atoms with Crippen molar-refractivity contribution in [3.05, 3.63) is 28.2 Å². The van der Waals surface area contributed by atoms with Gasteiger partial charge in [0.25, 0.3) is 0 Å². The van der Waals surface area contributed by atoms with Gasteiger partial charge in [0.2, 0.25) is 0 Å². The molecular weight excluding hydrogens is 194 g/mol. The minimum atomic E-state index is -0.222. The van der Waals surface area contributed by atoms with Gasteiger partial charge >= 0.3 is 0 Å². The van der Waals surface area contributed by atoms with Gasteiger partial charge in [-0.1, -0.05) is 5.18 Å². The molecule has 0 radical (unpaired) electrons. The molecule has 1 aromatic carbocycles. The van der Waals surface area contributed by atoms with E-state index in [1.54, 1.807) is 14.2 Å². The molecule has 0 bridgehead atoms. The second-order valence-electron chi connectivity index (χ2n) is 3.57. The Balaban J connectivity index is 2.48. The van der Waals surface area contributed by atoms with Crippen molar-refractivity contribution in [3.63, 3.8) is 0 Å². The van der Waals surface area contributed by atoms with E-state index in [9.17, 15) is 4.91 Å². The molecule has 80 valence electrons. The Morgan fingerprint density at radius 1 is 1.27 bits per heavy atom. The normalized spacial score (nSPS) is 18.4. The molecule has 0 aliphatic heterocycles. The largest absolute Gasteiger partial charge is 0.493 e. The molecule has 1 aliphatic rings. The lowest BCUT2D eigenvalue weighted by molar-refractivity contribution is 0.354. The molecule has 1 aliphatic carbocycles. The molecule has 0 saturated carbocycles. The van der Waals surface area contributed by atoms with E-state index in [1.807, 2.05) is 12.1 Å². The Hall–Kier alpha value is -1.58. The maximum atomic E-state index is 10.6. The summed E-state index contributed by atoms with van der Waals surface area (Å²) in [7, 11) is 3.19. The van der Waals surface area contributed by atoms with Gasteiger partial charge < -0.3 is 9.47 Å². The van der Waals surface area contributed by atoms with E-state index in [4.69, 9.17) is 9.47 Å². The van der Waals surface area contributed by atoms with Gasteiger partial charge in [-0.15, -0.1) is 0 Å². The maximum absolute atomic E-state index is 10.6. The lowest BCUT2D eigenvalue weighted by Gasteiger charge is -2.10. The fourth-order valence-electron chi connectivity index (χ4n) is 2.02. The van der Waals surface area contributed by atoms with Crippen LogP contribution in [0, 0.1) is 4.91 Å². The number of hydrogen-bond acceptors (Lipinski definition) is 4. The van der Waals surface area contributed by atoms with E-state index in [2.05, 4.69) is 5.18 Å². The van der Waals surface area contributed by atoms with Crippen molar-refractivity contribution in [2.75, 3.05) is 14.2 Å². The van der Waals surface area contributed by atoms with Gasteiger partial charge in [0.05, 0.1) is 14.2 Å². The standard InChI is InChI=1S/C11H13NO3/c1-14-10-5-7-3-4-9(12-13)8(7)6-11(10)15-2/h5-6,9H,3-4H2,1-2H3. The molecule has 0 N–H and O–H groups in total. The van der Waals surface area contributed by atoms with Crippen LogP contribution < -0.4 is 9.47 Å². The number of nitroso groups, excluding NO2 is 1. The second kappa shape index (κ2) is 3.88. The van der Waals surface area contributed by atoms with Gasteiger partial charge in [0, 0.05) is 0 Å². The highest BCUT2D eigenvalue weighted by atomic mass is 16.5. The Bertz CT molecular complexity index is 390. The second-order valence-corrected chi connectivity index (χ2v) is 3.57. The first-order valence-electron chi connectivity index (χ1n) is 4.87. The lowest BCUT2D eigenvalue weighted by atomic mass is 10.1. The summed E-state index contributed by atoms with van der Waals surface area (Å²) >= 11 is 0. The zero-order valence-corrected chi connectivity index (χ0v) is 8.82. The molecule has 1 unspecified atom stereocenters. The van der Waals surface area contributed by atoms with E-state index >= 15 is 0 Å². The van der Waals surface area contributed by atoms with Crippen molar-refractivity contribution in [3.8, 4) is 11.5 Å². The van der Waals surface area contributed by atoms with Gasteiger partial charge in [0.15, 0.2) is 11.5 Å². The van der Waals surface area contributed by atoms with Crippen molar-refractivity contribution in [1.82, 2.24) is 0 Å². The molecule has 0 heterocycles. The van der Waals surface area contributed by atoms with Crippen LogP contribution in [0.25, 0.3) is 0 Å². The zero-order valence-electron chi connectivity index (χ0n) is 8.82. The Kier molecular flexibility index (Phi) is 2.58. The summed E-state index contributed by atoms with van der Waals surface area (Å²) in [6.45, 7) is 0. The van der Waals surface area contributed by atoms with Gasteiger partial charge in [-0.2, -0.15) is 4.91 Å². The zero-order chi connectivity index (χ0) is 10.8. The van der Waals surface area contributed by atoms with E-state index in [0.717, 1.165) is 24.0 Å². The van der Waals surface area contributed by atoms with E-state index in [1.165, 1.54) is 0 Å². The number of ether oxygens (including phenoxy) is 2. The molecule has 15 heavy (non-hydrogen) atoms. The minimum absolute atomic E-state index is 0.222. The fourth-order valence-corrected chi connectivity index (χ4v) is 2.02. The molecular formula is C11H13NO3. The quantitative estimate of drug-likeness (QED) is 0.715. The Morgan fingerprint density at radius 2 is 1.93 bits per heavy atom. The fraction of sp³-hybridized carbons (Fsp3) is 0.455. The van der Waals surface area contributed by atoms with E-state index in [-0.39, 0.29) is 6.04 Å². The Morgan fingerprint density at radius 3 is 2.53 bits per heavy atom. The van der Waals surface area contributed by atoms with Gasteiger partial charge in [0.1, 0.15) is 6.04 Å². The molecule has 0 aromatic heterocycles. The number of methoxy groups -OCH3 is 2. The summed E-state index contributed by atoms with van der Waals surface area (Å²) in [4.78, 5) is 10.6. The van der Waals surface area contributed by atoms with Crippen LogP contribution in [-0.4, -0.2) is 14.2 Å². The predicted molar refractivity (Wildman–Crippen MR) is 56.4 cm³/mol. The highest BCUT2D eigenvalue weighted by Crippen LogP contribution is 2.40. The molecule has 1 atom stereocenters. The monoisotopic (exact) mass is 207 g/mol. The van der Waals surface area contributed by atoms with Gasteiger partial charge in [-0.05, 0) is 36.1 Å². The van der Waals surface area contributed by atoms with Crippen molar-refractivity contribution in [2.24, 2.45) is 5.18 Å². The van der Waals surface area contributed by atoms with Crippen molar-refractivity contribution in [1.29, 1.82) is 0 Å². The molecule has 4 nitrogen and oxygen atoms in total. The maximum Gasteiger partial charge on any atom is 0.161 e. The topological polar surface area (TPSA) is 47.9 Å². The first-order valence-corrected chi connectivity index (χ1v) is 4.87. The van der Waals surface area contributed by atoms with Crippen molar-refractivity contribution in [2.45, 2.75) is 18.9 Å². The summed E-state index contributed by atoms with van der Waals surface area (Å²) in [5.74, 6) is 1.37.